The molecule has 14 heteroatoms. The molecule has 0 spiro atoms. The van der Waals surface area contributed by atoms with Gasteiger partial charge in [-0.3, -0.25) is 19.2 Å². The smallest absolute Gasteiger partial charge is 0.303 e. The monoisotopic (exact) mass is 676 g/mol. The van der Waals surface area contributed by atoms with Crippen LogP contribution >= 0.6 is 0 Å². The summed E-state index contributed by atoms with van der Waals surface area (Å²) in [4.78, 5) is 39.1. The van der Waals surface area contributed by atoms with Crippen molar-refractivity contribution in [3.05, 3.63) is 0 Å². The molecular formula is C32H68O14. The Morgan fingerprint density at radius 1 is 0.413 bits per heavy atom. The molecule has 0 aliphatic carbocycles. The van der Waals surface area contributed by atoms with Crippen molar-refractivity contribution in [1.29, 1.82) is 0 Å². The van der Waals surface area contributed by atoms with Gasteiger partial charge in [0.05, 0.1) is 26.4 Å². The zero-order valence-corrected chi connectivity index (χ0v) is 28.8. The molecular weight excluding hydrogens is 608 g/mol. The molecule has 0 atom stereocenters. The second kappa shape index (κ2) is 52.2. The van der Waals surface area contributed by atoms with E-state index in [1.165, 1.54) is 57.8 Å². The first-order valence-electron chi connectivity index (χ1n) is 16.3. The summed E-state index contributed by atoms with van der Waals surface area (Å²) in [5, 5.41) is 80.3. The van der Waals surface area contributed by atoms with Gasteiger partial charge in [-0.25, -0.2) is 0 Å². The number of rotatable bonds is 22. The van der Waals surface area contributed by atoms with E-state index in [1.807, 2.05) is 0 Å². The van der Waals surface area contributed by atoms with Crippen LogP contribution in [0.25, 0.3) is 0 Å². The highest BCUT2D eigenvalue weighted by molar-refractivity contribution is 5.67. The van der Waals surface area contributed by atoms with Crippen LogP contribution in [0.1, 0.15) is 143 Å². The summed E-state index contributed by atoms with van der Waals surface area (Å²) >= 11 is 0. The summed E-state index contributed by atoms with van der Waals surface area (Å²) in [5.41, 5.74) is 0. The van der Waals surface area contributed by atoms with Crippen LogP contribution in [-0.4, -0.2) is 114 Å². The summed E-state index contributed by atoms with van der Waals surface area (Å²) in [5.74, 6) is -2.84. The molecule has 14 nitrogen and oxygen atoms in total. The van der Waals surface area contributed by atoms with Gasteiger partial charge in [0.2, 0.25) is 0 Å². The number of unbranched alkanes of at least 4 members (excludes halogenated alkanes) is 12. The van der Waals surface area contributed by atoms with Gasteiger partial charge in [-0.05, 0) is 19.3 Å². The molecule has 0 aliphatic heterocycles. The number of aliphatic hydroxyl groups excluding tert-OH is 6. The van der Waals surface area contributed by atoms with Crippen LogP contribution in [0.5, 0.6) is 0 Å². The highest BCUT2D eigenvalue weighted by Gasteiger charge is 1.97. The summed E-state index contributed by atoms with van der Waals surface area (Å²) in [6.07, 6.45) is 15.7. The normalized spacial score (nSPS) is 9.48. The van der Waals surface area contributed by atoms with Crippen molar-refractivity contribution < 1.29 is 70.2 Å². The van der Waals surface area contributed by atoms with E-state index < -0.39 is 36.1 Å². The van der Waals surface area contributed by atoms with E-state index in [2.05, 4.69) is 20.8 Å². The lowest BCUT2D eigenvalue weighted by molar-refractivity contribution is -0.138. The summed E-state index contributed by atoms with van der Waals surface area (Å²) < 4.78 is 0. The molecule has 0 saturated heterocycles. The third-order valence-corrected chi connectivity index (χ3v) is 5.33. The van der Waals surface area contributed by atoms with Crippen molar-refractivity contribution in [2.75, 3.05) is 26.4 Å². The number of hydrogen-bond acceptors (Lipinski definition) is 10. The molecule has 0 bridgehead atoms. The van der Waals surface area contributed by atoms with Crippen molar-refractivity contribution in [1.82, 2.24) is 0 Å². The predicted octanol–water partition coefficient (Wildman–Crippen LogP) is 4.05. The lowest BCUT2D eigenvalue weighted by Gasteiger charge is -1.96. The van der Waals surface area contributed by atoms with Crippen LogP contribution in [0.4, 0.5) is 0 Å². The minimum absolute atomic E-state index is 0.337. The van der Waals surface area contributed by atoms with Crippen LogP contribution in [0.3, 0.4) is 0 Å². The van der Waals surface area contributed by atoms with Crippen LogP contribution in [-0.2, 0) is 19.2 Å². The number of hydrogen-bond donors (Lipinski definition) is 10. The van der Waals surface area contributed by atoms with E-state index in [1.54, 1.807) is 0 Å². The van der Waals surface area contributed by atoms with Gasteiger partial charge in [0.25, 0.3) is 5.97 Å². The molecule has 0 amide bonds. The van der Waals surface area contributed by atoms with Gasteiger partial charge in [0.15, 0.2) is 0 Å². The molecule has 0 rings (SSSR count). The largest absolute Gasteiger partial charge is 0.481 e. The van der Waals surface area contributed by atoms with Crippen molar-refractivity contribution in [3.8, 4) is 0 Å². The van der Waals surface area contributed by atoms with Crippen molar-refractivity contribution in [2.45, 2.75) is 155 Å². The van der Waals surface area contributed by atoms with E-state index in [0.717, 1.165) is 45.4 Å². The van der Waals surface area contributed by atoms with E-state index in [0.29, 0.717) is 19.3 Å². The molecule has 46 heavy (non-hydrogen) atoms. The first-order chi connectivity index (χ1) is 21.7. The van der Waals surface area contributed by atoms with Gasteiger partial charge in [-0.2, -0.15) is 0 Å². The average molecular weight is 677 g/mol. The summed E-state index contributed by atoms with van der Waals surface area (Å²) in [7, 11) is 0. The standard InChI is InChI=1S/3C8H16O2.2C3H8O3.C2H4O2/c3*1-2-3-4-5-6-7-8(9)10;2*4-1-3(6)2-5;1-2(3)4/h3*2-7H2,1H3,(H,9,10);2*3-6H,1-2H2;1H3,(H,3,4). The highest BCUT2D eigenvalue weighted by atomic mass is 16.4. The van der Waals surface area contributed by atoms with Gasteiger partial charge < -0.3 is 51.1 Å². The zero-order valence-electron chi connectivity index (χ0n) is 28.8. The summed E-state index contributed by atoms with van der Waals surface area (Å²) in [6.45, 7) is 6.07. The van der Waals surface area contributed by atoms with Gasteiger partial charge in [-0.15, -0.1) is 0 Å². The Bertz CT molecular complexity index is 539. The molecule has 10 N–H and O–H groups in total. The predicted molar refractivity (Wildman–Crippen MR) is 177 cm³/mol. The van der Waals surface area contributed by atoms with E-state index in [9.17, 15) is 14.4 Å². The Kier molecular flexibility index (Phi) is 63.5. The molecule has 0 heterocycles. The fourth-order valence-corrected chi connectivity index (χ4v) is 2.75. The lowest BCUT2D eigenvalue weighted by atomic mass is 10.1. The molecule has 0 unspecified atom stereocenters. The first kappa shape index (κ1) is 56.0. The maximum atomic E-state index is 10.0. The van der Waals surface area contributed by atoms with Crippen molar-refractivity contribution in [2.24, 2.45) is 0 Å². The maximum absolute atomic E-state index is 10.0. The Hall–Kier alpha value is -2.36. The van der Waals surface area contributed by atoms with Crippen molar-refractivity contribution in [3.63, 3.8) is 0 Å². The Balaban J connectivity index is -0.000000107. The molecule has 0 aromatic heterocycles. The minimum atomic E-state index is -0.954. The van der Waals surface area contributed by atoms with Gasteiger partial charge in [0.1, 0.15) is 12.2 Å². The number of aliphatic hydroxyl groups is 6. The second-order valence-electron chi connectivity index (χ2n) is 10.2. The highest BCUT2D eigenvalue weighted by Crippen LogP contribution is 2.05. The van der Waals surface area contributed by atoms with Crippen LogP contribution in [0, 0.1) is 0 Å². The topological polar surface area (TPSA) is 271 Å². The molecule has 280 valence electrons. The Labute approximate surface area is 276 Å². The second-order valence-corrected chi connectivity index (χ2v) is 10.2. The van der Waals surface area contributed by atoms with E-state index >= 15 is 0 Å². The first-order valence-corrected chi connectivity index (χ1v) is 16.3. The summed E-state index contributed by atoms with van der Waals surface area (Å²) in [6, 6.07) is 0. The molecule has 0 saturated carbocycles. The van der Waals surface area contributed by atoms with Gasteiger partial charge >= 0.3 is 17.9 Å². The average Bonchev–Trinajstić information content (AvgIpc) is 3.00. The van der Waals surface area contributed by atoms with Gasteiger partial charge in [0, 0.05) is 26.2 Å². The molecule has 0 aliphatic rings. The van der Waals surface area contributed by atoms with Crippen molar-refractivity contribution >= 4 is 23.9 Å². The Morgan fingerprint density at radius 3 is 0.696 bits per heavy atom. The van der Waals surface area contributed by atoms with E-state index in [-0.39, 0.29) is 26.4 Å². The Morgan fingerprint density at radius 2 is 0.587 bits per heavy atom. The van der Waals surface area contributed by atoms with Crippen LogP contribution < -0.4 is 0 Å². The molecule has 0 aromatic rings. The number of carbonyl (C=O) groups is 4. The zero-order chi connectivity index (χ0) is 37.0. The number of carboxylic acid groups (broad SMARTS) is 4. The number of carboxylic acids is 4. The van der Waals surface area contributed by atoms with Crippen LogP contribution in [0.2, 0.25) is 0 Å². The molecule has 0 aromatic carbocycles. The lowest BCUT2D eigenvalue weighted by Crippen LogP contribution is -2.15. The van der Waals surface area contributed by atoms with Gasteiger partial charge in [-0.1, -0.05) is 97.8 Å². The fourth-order valence-electron chi connectivity index (χ4n) is 2.75. The number of aliphatic carboxylic acids is 4. The molecule has 0 fully saturated rings. The third kappa shape index (κ3) is 96.9. The third-order valence-electron chi connectivity index (χ3n) is 5.33. The SMILES string of the molecule is CC(=O)O.CCCCCCCC(=O)O.CCCCCCCC(=O)O.CCCCCCCC(=O)O.OCC(O)CO.OCC(O)CO. The molecule has 0 radical (unpaired) electrons. The van der Waals surface area contributed by atoms with Crippen LogP contribution in [0.15, 0.2) is 0 Å². The fraction of sp³-hybridized carbons (Fsp3) is 0.875. The maximum Gasteiger partial charge on any atom is 0.303 e. The minimum Gasteiger partial charge on any atom is -0.481 e. The quantitative estimate of drug-likeness (QED) is 0.0725. The van der Waals surface area contributed by atoms with E-state index in [4.69, 9.17) is 55.9 Å².